The monoisotopic (exact) mass is 230 g/mol. The van der Waals surface area contributed by atoms with Crippen molar-refractivity contribution in [1.29, 1.82) is 0 Å². The van der Waals surface area contributed by atoms with Crippen LogP contribution in [0.4, 0.5) is 0 Å². The van der Waals surface area contributed by atoms with Gasteiger partial charge in [0.15, 0.2) is 23.3 Å². The molecule has 0 N–H and O–H groups in total. The van der Waals surface area contributed by atoms with Crippen LogP contribution in [0.25, 0.3) is 0 Å². The molecule has 0 radical (unpaired) electrons. The summed E-state index contributed by atoms with van der Waals surface area (Å²) < 4.78 is 16.4. The van der Waals surface area contributed by atoms with E-state index in [4.69, 9.17) is 19.0 Å². The normalized spacial score (nSPS) is 43.5. The fourth-order valence-electron chi connectivity index (χ4n) is 2.11. The van der Waals surface area contributed by atoms with Crippen molar-refractivity contribution in [2.45, 2.75) is 44.2 Å². The van der Waals surface area contributed by atoms with Crippen LogP contribution in [0.1, 0.15) is 13.8 Å². The molecule has 3 heterocycles. The van der Waals surface area contributed by atoms with Crippen LogP contribution in [0.3, 0.4) is 0 Å². The number of hydrogen-bond acceptors (Lipinski definition) is 7. The van der Waals surface area contributed by atoms with E-state index in [9.17, 15) is 10.1 Å². The zero-order valence-electron chi connectivity index (χ0n) is 8.65. The van der Waals surface area contributed by atoms with E-state index in [-0.39, 0.29) is 5.84 Å². The van der Waals surface area contributed by atoms with E-state index in [0.29, 0.717) is 0 Å². The van der Waals surface area contributed by atoms with Gasteiger partial charge in [0.05, 0.1) is 0 Å². The van der Waals surface area contributed by atoms with E-state index in [1.807, 2.05) is 0 Å². The first-order valence-corrected chi connectivity index (χ1v) is 4.87. The van der Waals surface area contributed by atoms with E-state index < -0.39 is 35.3 Å². The maximum Gasteiger partial charge on any atom is 0.418 e. The maximum atomic E-state index is 10.6. The standard InChI is InChI=1S/C8H10N2O6/c1-8(2)14-5-3-4(13-7(5)15-8)6(9-16-3)10(11)12/h3-5,7H,1-2H3/t3-,4-,5+,7+/m0/s1. The van der Waals surface area contributed by atoms with Crippen LogP contribution in [0.5, 0.6) is 0 Å². The van der Waals surface area contributed by atoms with Gasteiger partial charge in [-0.05, 0) is 18.8 Å². The van der Waals surface area contributed by atoms with Crippen LogP contribution in [-0.2, 0) is 19.0 Å². The summed E-state index contributed by atoms with van der Waals surface area (Å²) in [5.74, 6) is -1.09. The van der Waals surface area contributed by atoms with E-state index in [1.165, 1.54) is 0 Å². The van der Waals surface area contributed by atoms with E-state index in [0.717, 1.165) is 0 Å². The molecule has 2 saturated heterocycles. The molecule has 0 saturated carbocycles. The van der Waals surface area contributed by atoms with Crippen LogP contribution in [0.2, 0.25) is 0 Å². The van der Waals surface area contributed by atoms with Crippen molar-refractivity contribution in [3.8, 4) is 0 Å². The lowest BCUT2D eigenvalue weighted by molar-refractivity contribution is -0.360. The Morgan fingerprint density at radius 1 is 1.38 bits per heavy atom. The predicted molar refractivity (Wildman–Crippen MR) is 48.0 cm³/mol. The molecular formula is C8H10N2O6. The molecule has 0 aromatic rings. The number of oxime groups is 1. The largest absolute Gasteiger partial charge is 0.418 e. The molecule has 4 atom stereocenters. The molecule has 0 aromatic carbocycles. The van der Waals surface area contributed by atoms with Gasteiger partial charge in [0, 0.05) is 0 Å². The molecule has 0 unspecified atom stereocenters. The van der Waals surface area contributed by atoms with Crippen LogP contribution >= 0.6 is 0 Å². The third-order valence-corrected chi connectivity index (χ3v) is 2.70. The Kier molecular flexibility index (Phi) is 1.80. The quantitative estimate of drug-likeness (QED) is 0.424. The van der Waals surface area contributed by atoms with Crippen molar-refractivity contribution in [3.05, 3.63) is 10.1 Å². The predicted octanol–water partition coefficient (Wildman–Crippen LogP) is -0.148. The summed E-state index contributed by atoms with van der Waals surface area (Å²) in [6.45, 7) is 3.49. The second kappa shape index (κ2) is 2.90. The van der Waals surface area contributed by atoms with Gasteiger partial charge in [-0.1, -0.05) is 0 Å². The Bertz CT molecular complexity index is 381. The number of hydrogen-bond donors (Lipinski definition) is 0. The molecule has 8 nitrogen and oxygen atoms in total. The van der Waals surface area contributed by atoms with Crippen LogP contribution in [0.15, 0.2) is 5.16 Å². The number of ether oxygens (including phenoxy) is 3. The van der Waals surface area contributed by atoms with Crippen LogP contribution < -0.4 is 0 Å². The zero-order valence-corrected chi connectivity index (χ0v) is 8.65. The Balaban J connectivity index is 1.81. The fourth-order valence-corrected chi connectivity index (χ4v) is 2.11. The van der Waals surface area contributed by atoms with Crippen molar-refractivity contribution in [3.63, 3.8) is 0 Å². The number of fused-ring (bicyclic) bond motifs is 3. The smallest absolute Gasteiger partial charge is 0.358 e. The molecule has 88 valence electrons. The van der Waals surface area contributed by atoms with Crippen molar-refractivity contribution in [2.24, 2.45) is 5.16 Å². The molecule has 3 aliphatic rings. The molecule has 0 bridgehead atoms. The van der Waals surface area contributed by atoms with Gasteiger partial charge in [0.25, 0.3) is 0 Å². The second-order valence-corrected chi connectivity index (χ2v) is 4.30. The average Bonchev–Trinajstić information content (AvgIpc) is 2.72. The van der Waals surface area contributed by atoms with Gasteiger partial charge in [-0.25, -0.2) is 0 Å². The SMILES string of the molecule is CC1(C)O[C@H]2O[C@@H]3C([N+](=O)[O-])=NO[C@@H]3[C@H]2O1. The minimum absolute atomic E-state index is 0.329. The molecular weight excluding hydrogens is 220 g/mol. The maximum absolute atomic E-state index is 10.6. The molecule has 0 amide bonds. The molecule has 16 heavy (non-hydrogen) atoms. The summed E-state index contributed by atoms with van der Waals surface area (Å²) in [4.78, 5) is 15.0. The minimum atomic E-state index is -0.805. The molecule has 2 fully saturated rings. The number of amidine groups is 1. The summed E-state index contributed by atoms with van der Waals surface area (Å²) >= 11 is 0. The summed E-state index contributed by atoms with van der Waals surface area (Å²) in [5.41, 5.74) is 0. The lowest BCUT2D eigenvalue weighted by Gasteiger charge is -2.19. The highest BCUT2D eigenvalue weighted by atomic mass is 16.9. The molecule has 3 rings (SSSR count). The second-order valence-electron chi connectivity index (χ2n) is 4.30. The highest BCUT2D eigenvalue weighted by Gasteiger charge is 2.64. The van der Waals surface area contributed by atoms with Crippen molar-refractivity contribution in [1.82, 2.24) is 0 Å². The van der Waals surface area contributed by atoms with E-state index >= 15 is 0 Å². The van der Waals surface area contributed by atoms with Gasteiger partial charge in [0.1, 0.15) is 0 Å². The average molecular weight is 230 g/mol. The molecule has 0 aliphatic carbocycles. The third-order valence-electron chi connectivity index (χ3n) is 2.70. The lowest BCUT2D eigenvalue weighted by atomic mass is 10.1. The first kappa shape index (κ1) is 9.94. The van der Waals surface area contributed by atoms with Crippen LogP contribution in [0, 0.1) is 10.1 Å². The minimum Gasteiger partial charge on any atom is -0.358 e. The highest BCUT2D eigenvalue weighted by Crippen LogP contribution is 2.40. The van der Waals surface area contributed by atoms with Gasteiger partial charge in [0.2, 0.25) is 12.2 Å². The Morgan fingerprint density at radius 2 is 2.12 bits per heavy atom. The van der Waals surface area contributed by atoms with Crippen molar-refractivity contribution >= 4 is 5.84 Å². The van der Waals surface area contributed by atoms with Crippen molar-refractivity contribution in [2.75, 3.05) is 0 Å². The first-order valence-electron chi connectivity index (χ1n) is 4.87. The van der Waals surface area contributed by atoms with Crippen LogP contribution in [-0.4, -0.2) is 41.1 Å². The van der Waals surface area contributed by atoms with Crippen molar-refractivity contribution < 1.29 is 24.0 Å². The van der Waals surface area contributed by atoms with Gasteiger partial charge in [-0.15, -0.1) is 0 Å². The van der Waals surface area contributed by atoms with E-state index in [1.54, 1.807) is 13.8 Å². The topological polar surface area (TPSA) is 92.4 Å². The molecule has 3 aliphatic heterocycles. The summed E-state index contributed by atoms with van der Waals surface area (Å²) in [6, 6.07) is 0. The van der Waals surface area contributed by atoms with Gasteiger partial charge in [-0.2, -0.15) is 0 Å². The first-order chi connectivity index (χ1) is 7.48. The summed E-state index contributed by atoms with van der Waals surface area (Å²) in [6.07, 6.45) is -2.50. The summed E-state index contributed by atoms with van der Waals surface area (Å²) in [7, 11) is 0. The fraction of sp³-hybridized carbons (Fsp3) is 0.875. The molecule has 8 heteroatoms. The number of nitrogens with zero attached hydrogens (tertiary/aromatic N) is 2. The number of rotatable bonds is 0. The Morgan fingerprint density at radius 3 is 2.81 bits per heavy atom. The molecule has 0 spiro atoms. The zero-order chi connectivity index (χ0) is 11.5. The lowest BCUT2D eigenvalue weighted by Crippen LogP contribution is -2.37. The van der Waals surface area contributed by atoms with Gasteiger partial charge >= 0.3 is 5.84 Å². The number of nitro groups is 1. The van der Waals surface area contributed by atoms with Gasteiger partial charge in [-0.3, -0.25) is 4.84 Å². The molecule has 0 aromatic heterocycles. The van der Waals surface area contributed by atoms with Gasteiger partial charge < -0.3 is 24.3 Å². The highest BCUT2D eigenvalue weighted by molar-refractivity contribution is 5.81. The Hall–Kier alpha value is -1.25. The Labute approximate surface area is 90.2 Å². The third kappa shape index (κ3) is 1.24. The summed E-state index contributed by atoms with van der Waals surface area (Å²) in [5, 5.41) is 14.0. The van der Waals surface area contributed by atoms with E-state index in [2.05, 4.69) is 5.16 Å².